The molecule has 20 heavy (non-hydrogen) atoms. The molecule has 6 heteroatoms. The summed E-state index contributed by atoms with van der Waals surface area (Å²) in [4.78, 5) is 35.8. The number of nitrogens with one attached hydrogen (secondary N) is 1. The van der Waals surface area contributed by atoms with Crippen LogP contribution in [0.15, 0.2) is 0 Å². The highest BCUT2D eigenvalue weighted by Crippen LogP contribution is 2.12. The summed E-state index contributed by atoms with van der Waals surface area (Å²) >= 11 is 0. The number of nitrogens with zero attached hydrogens (tertiary/aromatic N) is 1. The van der Waals surface area contributed by atoms with Crippen molar-refractivity contribution in [3.8, 4) is 0 Å². The third-order valence-electron chi connectivity index (χ3n) is 2.62. The molecule has 2 N–H and O–H groups in total. The largest absolute Gasteiger partial charge is 0.481 e. The first-order valence-electron chi connectivity index (χ1n) is 6.82. The van der Waals surface area contributed by atoms with Gasteiger partial charge < -0.3 is 15.3 Å². The van der Waals surface area contributed by atoms with E-state index in [-0.39, 0.29) is 37.2 Å². The first-order chi connectivity index (χ1) is 9.04. The van der Waals surface area contributed by atoms with Crippen LogP contribution in [0.25, 0.3) is 0 Å². The van der Waals surface area contributed by atoms with Crippen molar-refractivity contribution in [1.29, 1.82) is 0 Å². The number of amides is 2. The Bertz CT molecular complexity index is 359. The molecule has 0 bridgehead atoms. The highest BCUT2D eigenvalue weighted by Gasteiger charge is 2.23. The van der Waals surface area contributed by atoms with Gasteiger partial charge >= 0.3 is 5.97 Å². The molecule has 0 saturated carbocycles. The fourth-order valence-electron chi connectivity index (χ4n) is 1.52. The minimum absolute atomic E-state index is 0.0916. The van der Waals surface area contributed by atoms with E-state index in [4.69, 9.17) is 5.11 Å². The lowest BCUT2D eigenvalue weighted by molar-refractivity contribution is -0.139. The van der Waals surface area contributed by atoms with Crippen LogP contribution in [0.5, 0.6) is 0 Å². The standard InChI is InChI=1S/C14H26N2O4/c1-10(2)9-16(7-6-12(18)19)11(17)8-15-13(20)14(3,4)5/h10H,6-9H2,1-5H3,(H,15,20)(H,18,19). The molecule has 0 aliphatic rings. The van der Waals surface area contributed by atoms with Gasteiger partial charge in [-0.25, -0.2) is 0 Å². The normalized spacial score (nSPS) is 11.3. The van der Waals surface area contributed by atoms with Crippen LogP contribution in [-0.4, -0.2) is 47.4 Å². The molecule has 0 aromatic rings. The molecule has 6 nitrogen and oxygen atoms in total. The second kappa shape index (κ2) is 7.87. The van der Waals surface area contributed by atoms with Gasteiger partial charge in [0.25, 0.3) is 0 Å². The highest BCUT2D eigenvalue weighted by molar-refractivity contribution is 5.87. The summed E-state index contributed by atoms with van der Waals surface area (Å²) < 4.78 is 0. The number of carbonyl (C=O) groups excluding carboxylic acids is 2. The van der Waals surface area contributed by atoms with Crippen molar-refractivity contribution in [2.45, 2.75) is 41.0 Å². The molecule has 0 saturated heterocycles. The Morgan fingerprint density at radius 2 is 1.75 bits per heavy atom. The first-order valence-corrected chi connectivity index (χ1v) is 6.82. The predicted octanol–water partition coefficient (Wildman–Crippen LogP) is 1.11. The van der Waals surface area contributed by atoms with E-state index >= 15 is 0 Å². The molecule has 0 atom stereocenters. The Morgan fingerprint density at radius 1 is 1.20 bits per heavy atom. The predicted molar refractivity (Wildman–Crippen MR) is 76.1 cm³/mol. The second-order valence-corrected chi connectivity index (χ2v) is 6.31. The maximum absolute atomic E-state index is 12.0. The van der Waals surface area contributed by atoms with E-state index in [1.165, 1.54) is 4.90 Å². The topological polar surface area (TPSA) is 86.7 Å². The fourth-order valence-corrected chi connectivity index (χ4v) is 1.52. The molecule has 0 aromatic heterocycles. The van der Waals surface area contributed by atoms with Crippen molar-refractivity contribution in [3.05, 3.63) is 0 Å². The first kappa shape index (κ1) is 18.4. The average molecular weight is 286 g/mol. The Kier molecular flexibility index (Phi) is 7.24. The van der Waals surface area contributed by atoms with Gasteiger partial charge in [0.2, 0.25) is 11.8 Å². The highest BCUT2D eigenvalue weighted by atomic mass is 16.4. The number of hydrogen-bond acceptors (Lipinski definition) is 3. The van der Waals surface area contributed by atoms with Gasteiger partial charge in [0.05, 0.1) is 13.0 Å². The van der Waals surface area contributed by atoms with Crippen LogP contribution >= 0.6 is 0 Å². The van der Waals surface area contributed by atoms with E-state index in [0.29, 0.717) is 6.54 Å². The van der Waals surface area contributed by atoms with Crippen LogP contribution in [0.1, 0.15) is 41.0 Å². The van der Waals surface area contributed by atoms with Crippen LogP contribution in [0.3, 0.4) is 0 Å². The van der Waals surface area contributed by atoms with Crippen molar-refractivity contribution >= 4 is 17.8 Å². The molecule has 0 rings (SSSR count). The molecular weight excluding hydrogens is 260 g/mol. The summed E-state index contributed by atoms with van der Waals surface area (Å²) in [6.07, 6.45) is -0.0916. The van der Waals surface area contributed by atoms with E-state index in [9.17, 15) is 14.4 Å². The van der Waals surface area contributed by atoms with Crippen LogP contribution < -0.4 is 5.32 Å². The van der Waals surface area contributed by atoms with Crippen LogP contribution in [0.2, 0.25) is 0 Å². The molecule has 2 amide bonds. The van der Waals surface area contributed by atoms with Crippen LogP contribution in [-0.2, 0) is 14.4 Å². The van der Waals surface area contributed by atoms with E-state index in [0.717, 1.165) is 0 Å². The lowest BCUT2D eigenvalue weighted by Gasteiger charge is -2.25. The summed E-state index contributed by atoms with van der Waals surface area (Å²) in [6.45, 7) is 9.76. The van der Waals surface area contributed by atoms with Gasteiger partial charge in [-0.15, -0.1) is 0 Å². The summed E-state index contributed by atoms with van der Waals surface area (Å²) in [5.41, 5.74) is -0.551. The van der Waals surface area contributed by atoms with Gasteiger partial charge in [0.1, 0.15) is 0 Å². The zero-order chi connectivity index (χ0) is 15.9. The zero-order valence-corrected chi connectivity index (χ0v) is 13.0. The molecule has 0 fully saturated rings. The Hall–Kier alpha value is -1.59. The lowest BCUT2D eigenvalue weighted by Crippen LogP contribution is -2.45. The van der Waals surface area contributed by atoms with Crippen molar-refractivity contribution in [3.63, 3.8) is 0 Å². The summed E-state index contributed by atoms with van der Waals surface area (Å²) in [7, 11) is 0. The minimum atomic E-state index is -0.940. The number of carbonyl (C=O) groups is 3. The summed E-state index contributed by atoms with van der Waals surface area (Å²) in [5, 5.41) is 11.3. The van der Waals surface area contributed by atoms with E-state index in [2.05, 4.69) is 5.32 Å². The average Bonchev–Trinajstić information content (AvgIpc) is 2.28. The SMILES string of the molecule is CC(C)CN(CCC(=O)O)C(=O)CNC(=O)C(C)(C)C. The maximum atomic E-state index is 12.0. The second-order valence-electron chi connectivity index (χ2n) is 6.31. The van der Waals surface area contributed by atoms with Gasteiger partial charge in [-0.3, -0.25) is 14.4 Å². The third kappa shape index (κ3) is 7.76. The molecule has 0 heterocycles. The number of carboxylic acids is 1. The van der Waals surface area contributed by atoms with E-state index in [1.54, 1.807) is 20.8 Å². The molecule has 0 unspecified atom stereocenters. The monoisotopic (exact) mass is 286 g/mol. The van der Waals surface area contributed by atoms with E-state index in [1.807, 2.05) is 13.8 Å². The quantitative estimate of drug-likeness (QED) is 0.734. The van der Waals surface area contributed by atoms with Crippen molar-refractivity contribution in [2.75, 3.05) is 19.6 Å². The number of aliphatic carboxylic acids is 1. The van der Waals surface area contributed by atoms with Crippen LogP contribution in [0.4, 0.5) is 0 Å². The van der Waals surface area contributed by atoms with Gasteiger partial charge in [-0.2, -0.15) is 0 Å². The molecule has 0 spiro atoms. The lowest BCUT2D eigenvalue weighted by atomic mass is 9.96. The van der Waals surface area contributed by atoms with Crippen LogP contribution in [0, 0.1) is 11.3 Å². The Morgan fingerprint density at radius 3 is 2.15 bits per heavy atom. The van der Waals surface area contributed by atoms with Gasteiger partial charge in [-0.05, 0) is 5.92 Å². The molecule has 116 valence electrons. The number of hydrogen-bond donors (Lipinski definition) is 2. The Labute approximate surface area is 120 Å². The maximum Gasteiger partial charge on any atom is 0.305 e. The van der Waals surface area contributed by atoms with E-state index < -0.39 is 11.4 Å². The smallest absolute Gasteiger partial charge is 0.305 e. The fraction of sp³-hybridized carbons (Fsp3) is 0.786. The van der Waals surface area contributed by atoms with Gasteiger partial charge in [-0.1, -0.05) is 34.6 Å². The molecule has 0 aromatic carbocycles. The summed E-state index contributed by atoms with van der Waals surface area (Å²) in [6, 6.07) is 0. The van der Waals surface area contributed by atoms with Crippen molar-refractivity contribution < 1.29 is 19.5 Å². The summed E-state index contributed by atoms with van der Waals surface area (Å²) in [5.74, 6) is -1.15. The minimum Gasteiger partial charge on any atom is -0.481 e. The van der Waals surface area contributed by atoms with Crippen molar-refractivity contribution in [1.82, 2.24) is 10.2 Å². The van der Waals surface area contributed by atoms with Gasteiger partial charge in [0.15, 0.2) is 0 Å². The van der Waals surface area contributed by atoms with Gasteiger partial charge in [0, 0.05) is 18.5 Å². The molecular formula is C14H26N2O4. The van der Waals surface area contributed by atoms with Crippen molar-refractivity contribution in [2.24, 2.45) is 11.3 Å². The zero-order valence-electron chi connectivity index (χ0n) is 13.0. The third-order valence-corrected chi connectivity index (χ3v) is 2.62. The number of carboxylic acid groups (broad SMARTS) is 1. The number of rotatable bonds is 7. The molecule has 0 aliphatic carbocycles. The Balaban J connectivity index is 4.47. The molecule has 0 radical (unpaired) electrons. The molecule has 0 aliphatic heterocycles.